The van der Waals surface area contributed by atoms with Gasteiger partial charge in [0.1, 0.15) is 6.10 Å². The van der Waals surface area contributed by atoms with Crippen LogP contribution in [0.2, 0.25) is 0 Å². The van der Waals surface area contributed by atoms with Gasteiger partial charge >= 0.3 is 5.97 Å². The molecule has 1 aliphatic heterocycles. The molecular formula is C22H34O5. The van der Waals surface area contributed by atoms with Crippen molar-refractivity contribution in [3.05, 3.63) is 11.1 Å². The number of hydrogen-bond acceptors (Lipinski definition) is 5. The van der Waals surface area contributed by atoms with Gasteiger partial charge in [-0.05, 0) is 59.5 Å². The Bertz CT molecular complexity index is 670. The molecule has 0 amide bonds. The molecule has 0 radical (unpaired) electrons. The van der Waals surface area contributed by atoms with Gasteiger partial charge in [-0.25, -0.2) is 0 Å². The topological polar surface area (TPSA) is 76.0 Å². The fourth-order valence-electron chi connectivity index (χ4n) is 7.13. The number of hydrogen-bond donors (Lipinski definition) is 2. The molecule has 5 heteroatoms. The van der Waals surface area contributed by atoms with Crippen LogP contribution in [0.1, 0.15) is 60.3 Å². The molecule has 2 N–H and O–H groups in total. The third-order valence-electron chi connectivity index (χ3n) is 8.21. The molecule has 4 aliphatic rings. The van der Waals surface area contributed by atoms with Gasteiger partial charge in [-0.2, -0.15) is 0 Å². The summed E-state index contributed by atoms with van der Waals surface area (Å²) in [6.07, 6.45) is 1.89. The lowest BCUT2D eigenvalue weighted by molar-refractivity contribution is -0.157. The van der Waals surface area contributed by atoms with Crippen molar-refractivity contribution in [1.29, 1.82) is 0 Å². The second-order valence-corrected chi connectivity index (χ2v) is 10.2. The molecule has 0 aromatic rings. The van der Waals surface area contributed by atoms with E-state index in [1.54, 1.807) is 0 Å². The van der Waals surface area contributed by atoms with Gasteiger partial charge < -0.3 is 19.7 Å². The Balaban J connectivity index is 1.86. The van der Waals surface area contributed by atoms with Gasteiger partial charge in [-0.1, -0.05) is 27.7 Å². The van der Waals surface area contributed by atoms with E-state index in [9.17, 15) is 15.0 Å². The number of carbonyl (C=O) groups is 1. The molecule has 152 valence electrons. The van der Waals surface area contributed by atoms with Gasteiger partial charge in [0, 0.05) is 12.8 Å². The van der Waals surface area contributed by atoms with Crippen LogP contribution in [0.4, 0.5) is 0 Å². The maximum absolute atomic E-state index is 11.9. The standard InChI is InChI=1S/C22H34O5/c1-11(2)15-18(25)20(27-12(3)23)17-19-16-13(10-26-19)14(24)6-7-21(16,4)8-9-22(15,17)5/h11,14-15,17-20,24-25H,6-10H2,1-5H3. The van der Waals surface area contributed by atoms with Crippen LogP contribution in [0.25, 0.3) is 0 Å². The zero-order chi connectivity index (χ0) is 19.7. The van der Waals surface area contributed by atoms with Gasteiger partial charge in [-0.15, -0.1) is 0 Å². The monoisotopic (exact) mass is 378 g/mol. The van der Waals surface area contributed by atoms with E-state index in [1.165, 1.54) is 12.5 Å². The van der Waals surface area contributed by atoms with Crippen molar-refractivity contribution in [2.45, 2.75) is 84.7 Å². The first-order valence-electron chi connectivity index (χ1n) is 10.5. The molecule has 0 saturated heterocycles. The molecule has 0 spiro atoms. The summed E-state index contributed by atoms with van der Waals surface area (Å²) in [5, 5.41) is 21.8. The van der Waals surface area contributed by atoms with Gasteiger partial charge in [0.15, 0.2) is 0 Å². The average Bonchev–Trinajstić information content (AvgIpc) is 3.06. The highest BCUT2D eigenvalue weighted by atomic mass is 16.6. The first-order valence-corrected chi connectivity index (χ1v) is 10.5. The number of esters is 1. The number of aliphatic hydroxyl groups excluding tert-OH is 2. The lowest BCUT2D eigenvalue weighted by atomic mass is 9.66. The highest BCUT2D eigenvalue weighted by Crippen LogP contribution is 2.64. The van der Waals surface area contributed by atoms with Crippen molar-refractivity contribution < 1.29 is 24.5 Å². The average molecular weight is 379 g/mol. The van der Waals surface area contributed by atoms with E-state index in [-0.39, 0.29) is 40.7 Å². The summed E-state index contributed by atoms with van der Waals surface area (Å²) in [4.78, 5) is 11.9. The molecule has 0 bridgehead atoms. The van der Waals surface area contributed by atoms with Crippen LogP contribution in [0.15, 0.2) is 11.1 Å². The molecule has 0 aromatic heterocycles. The van der Waals surface area contributed by atoms with E-state index in [0.717, 1.165) is 31.3 Å². The molecule has 8 atom stereocenters. The fraction of sp³-hybridized carbons (Fsp3) is 0.864. The van der Waals surface area contributed by atoms with E-state index in [2.05, 4.69) is 27.7 Å². The highest BCUT2D eigenvalue weighted by molar-refractivity contribution is 5.66. The molecule has 4 rings (SSSR count). The van der Waals surface area contributed by atoms with Gasteiger partial charge in [-0.3, -0.25) is 4.79 Å². The van der Waals surface area contributed by atoms with E-state index >= 15 is 0 Å². The smallest absolute Gasteiger partial charge is 0.303 e. The minimum absolute atomic E-state index is 0.0241. The SMILES string of the molecule is CC(=O)OC1C(O)C(C(C)C)C2(C)CCC3(C)CCC(O)C4=C3C(OC4)C12. The van der Waals surface area contributed by atoms with E-state index in [4.69, 9.17) is 9.47 Å². The van der Waals surface area contributed by atoms with Gasteiger partial charge in [0.25, 0.3) is 0 Å². The van der Waals surface area contributed by atoms with Gasteiger partial charge in [0.05, 0.1) is 24.9 Å². The van der Waals surface area contributed by atoms with Crippen LogP contribution < -0.4 is 0 Å². The summed E-state index contributed by atoms with van der Waals surface area (Å²) >= 11 is 0. The quantitative estimate of drug-likeness (QED) is 0.571. The maximum Gasteiger partial charge on any atom is 0.303 e. The number of aliphatic hydroxyl groups is 2. The largest absolute Gasteiger partial charge is 0.459 e. The summed E-state index contributed by atoms with van der Waals surface area (Å²) in [5.41, 5.74) is 2.13. The Morgan fingerprint density at radius 1 is 1.22 bits per heavy atom. The fourth-order valence-corrected chi connectivity index (χ4v) is 7.13. The van der Waals surface area contributed by atoms with Crippen LogP contribution in [0.3, 0.4) is 0 Å². The van der Waals surface area contributed by atoms with E-state index < -0.39 is 18.3 Å². The summed E-state index contributed by atoms with van der Waals surface area (Å²) in [6.45, 7) is 10.7. The third-order valence-corrected chi connectivity index (χ3v) is 8.21. The molecule has 27 heavy (non-hydrogen) atoms. The van der Waals surface area contributed by atoms with Crippen LogP contribution in [0.5, 0.6) is 0 Å². The second kappa shape index (κ2) is 6.30. The molecule has 2 saturated carbocycles. The first-order chi connectivity index (χ1) is 12.6. The maximum atomic E-state index is 11.9. The zero-order valence-electron chi connectivity index (χ0n) is 17.2. The summed E-state index contributed by atoms with van der Waals surface area (Å²) < 4.78 is 12.0. The Morgan fingerprint density at radius 2 is 1.93 bits per heavy atom. The van der Waals surface area contributed by atoms with Crippen molar-refractivity contribution in [2.24, 2.45) is 28.6 Å². The highest BCUT2D eigenvalue weighted by Gasteiger charge is 2.66. The van der Waals surface area contributed by atoms with Crippen LogP contribution in [-0.4, -0.2) is 47.2 Å². The van der Waals surface area contributed by atoms with Gasteiger partial charge in [0.2, 0.25) is 0 Å². The van der Waals surface area contributed by atoms with Crippen molar-refractivity contribution in [3.63, 3.8) is 0 Å². The molecule has 0 aromatic carbocycles. The van der Waals surface area contributed by atoms with Crippen LogP contribution in [0, 0.1) is 28.6 Å². The van der Waals surface area contributed by atoms with E-state index in [0.29, 0.717) is 6.61 Å². The molecule has 5 nitrogen and oxygen atoms in total. The van der Waals surface area contributed by atoms with E-state index in [1.807, 2.05) is 0 Å². The number of fused-ring (bicyclic) bond motifs is 2. The molecule has 2 fully saturated rings. The Hall–Kier alpha value is -0.910. The summed E-state index contributed by atoms with van der Waals surface area (Å²) in [7, 11) is 0. The zero-order valence-corrected chi connectivity index (χ0v) is 17.2. The number of carbonyl (C=O) groups excluding carboxylic acids is 1. The Labute approximate surface area is 162 Å². The molecule has 8 unspecified atom stereocenters. The van der Waals surface area contributed by atoms with Crippen LogP contribution in [-0.2, 0) is 14.3 Å². The van der Waals surface area contributed by atoms with Crippen molar-refractivity contribution in [3.8, 4) is 0 Å². The predicted octanol–water partition coefficient (Wildman–Crippen LogP) is 2.84. The predicted molar refractivity (Wildman–Crippen MR) is 101 cm³/mol. The minimum Gasteiger partial charge on any atom is -0.459 e. The third kappa shape index (κ3) is 2.65. The van der Waals surface area contributed by atoms with Crippen molar-refractivity contribution >= 4 is 5.97 Å². The minimum atomic E-state index is -0.685. The lowest BCUT2D eigenvalue weighted by Crippen LogP contribution is -2.43. The van der Waals surface area contributed by atoms with Crippen LogP contribution >= 0.6 is 0 Å². The normalized spacial score (nSPS) is 49.0. The van der Waals surface area contributed by atoms with Crippen molar-refractivity contribution in [1.82, 2.24) is 0 Å². The second-order valence-electron chi connectivity index (χ2n) is 10.2. The Morgan fingerprint density at radius 3 is 2.56 bits per heavy atom. The first kappa shape index (κ1) is 19.4. The van der Waals surface area contributed by atoms with Crippen molar-refractivity contribution in [2.75, 3.05) is 6.61 Å². The number of ether oxygens (including phenoxy) is 2. The summed E-state index contributed by atoms with van der Waals surface area (Å²) in [5.74, 6) is -0.104. The molecule has 3 aliphatic carbocycles. The number of rotatable bonds is 2. The molecular weight excluding hydrogens is 344 g/mol. The summed E-state index contributed by atoms with van der Waals surface area (Å²) in [6, 6.07) is 0. The molecule has 1 heterocycles. The lowest BCUT2D eigenvalue weighted by Gasteiger charge is -2.40. The Kier molecular flexibility index (Phi) is 4.53.